The molecule has 188 valence electrons. The number of benzene rings is 3. The van der Waals surface area contributed by atoms with E-state index in [1.807, 2.05) is 24.3 Å². The minimum atomic E-state index is -0.493. The van der Waals surface area contributed by atoms with E-state index in [-0.39, 0.29) is 30.2 Å². The molecule has 4 rings (SSSR count). The molecule has 0 heterocycles. The molecule has 8 heteroatoms. The van der Waals surface area contributed by atoms with Gasteiger partial charge in [-0.25, -0.2) is 4.39 Å². The van der Waals surface area contributed by atoms with Gasteiger partial charge in [0.25, 0.3) is 11.8 Å². The summed E-state index contributed by atoms with van der Waals surface area (Å²) in [6, 6.07) is 15.4. The maximum absolute atomic E-state index is 14.8. The zero-order valence-electron chi connectivity index (χ0n) is 20.5. The van der Waals surface area contributed by atoms with Crippen molar-refractivity contribution in [2.24, 2.45) is 0 Å². The van der Waals surface area contributed by atoms with Gasteiger partial charge in [-0.2, -0.15) is 0 Å². The zero-order chi connectivity index (χ0) is 25.7. The van der Waals surface area contributed by atoms with Crippen molar-refractivity contribution in [3.05, 3.63) is 82.7 Å². The van der Waals surface area contributed by atoms with Crippen molar-refractivity contribution >= 4 is 11.8 Å². The molecule has 0 aromatic heterocycles. The molecule has 0 aliphatic heterocycles. The highest BCUT2D eigenvalue weighted by Gasteiger charge is 2.25. The Balaban J connectivity index is 1.60. The van der Waals surface area contributed by atoms with E-state index in [2.05, 4.69) is 10.6 Å². The second-order valence-electron chi connectivity index (χ2n) is 8.67. The Kier molecular flexibility index (Phi) is 7.85. The molecule has 0 radical (unpaired) electrons. The highest BCUT2D eigenvalue weighted by atomic mass is 19.1. The molecule has 0 saturated heterocycles. The van der Waals surface area contributed by atoms with Crippen LogP contribution in [0.5, 0.6) is 11.5 Å². The molecule has 0 unspecified atom stereocenters. The van der Waals surface area contributed by atoms with Gasteiger partial charge >= 0.3 is 0 Å². The third kappa shape index (κ3) is 6.01. The second kappa shape index (κ2) is 11.2. The Labute approximate surface area is 209 Å². The Morgan fingerprint density at radius 3 is 2.36 bits per heavy atom. The lowest BCUT2D eigenvalue weighted by atomic mass is 9.95. The van der Waals surface area contributed by atoms with E-state index in [9.17, 15) is 14.0 Å². The topological polar surface area (TPSA) is 85.9 Å². The molecule has 3 aromatic carbocycles. The van der Waals surface area contributed by atoms with Crippen LogP contribution in [-0.2, 0) is 11.3 Å². The van der Waals surface area contributed by atoms with E-state index in [1.54, 1.807) is 38.3 Å². The maximum atomic E-state index is 14.8. The fourth-order valence-electron chi connectivity index (χ4n) is 3.74. The summed E-state index contributed by atoms with van der Waals surface area (Å²) in [5.74, 6) is -0.0169. The van der Waals surface area contributed by atoms with Gasteiger partial charge in [0.2, 0.25) is 0 Å². The van der Waals surface area contributed by atoms with Crippen LogP contribution in [0.25, 0.3) is 11.1 Å². The van der Waals surface area contributed by atoms with Gasteiger partial charge in [-0.05, 0) is 78.9 Å². The molecular formula is C28H29FN2O5. The third-order valence-corrected chi connectivity index (χ3v) is 6.00. The number of ether oxygens (including phenoxy) is 3. The monoisotopic (exact) mass is 492 g/mol. The van der Waals surface area contributed by atoms with Crippen LogP contribution in [0.15, 0.2) is 54.6 Å². The number of rotatable bonds is 10. The lowest BCUT2D eigenvalue weighted by molar-refractivity contribution is 0.0514. The van der Waals surface area contributed by atoms with Crippen LogP contribution in [0.2, 0.25) is 0 Å². The van der Waals surface area contributed by atoms with Crippen LogP contribution in [-0.4, -0.2) is 38.9 Å². The quantitative estimate of drug-likeness (QED) is 0.404. The summed E-state index contributed by atoms with van der Waals surface area (Å²) in [5.41, 5.74) is 2.96. The molecule has 2 amide bonds. The van der Waals surface area contributed by atoms with Gasteiger partial charge in [0, 0.05) is 36.4 Å². The molecule has 1 fully saturated rings. The van der Waals surface area contributed by atoms with Gasteiger partial charge in [-0.1, -0.05) is 12.1 Å². The number of carbonyl (C=O) groups is 2. The first-order valence-corrected chi connectivity index (χ1v) is 11.7. The number of hydrogen-bond donors (Lipinski definition) is 2. The van der Waals surface area contributed by atoms with Gasteiger partial charge in [0.15, 0.2) is 6.79 Å². The largest absolute Gasteiger partial charge is 0.497 e. The minimum Gasteiger partial charge on any atom is -0.497 e. The predicted molar refractivity (Wildman–Crippen MR) is 134 cm³/mol. The lowest BCUT2D eigenvalue weighted by Crippen LogP contribution is -2.25. The van der Waals surface area contributed by atoms with Gasteiger partial charge < -0.3 is 24.8 Å². The molecule has 2 N–H and O–H groups in total. The summed E-state index contributed by atoms with van der Waals surface area (Å²) in [4.78, 5) is 25.4. The Hall–Kier alpha value is -3.91. The first-order chi connectivity index (χ1) is 17.4. The van der Waals surface area contributed by atoms with Crippen LogP contribution in [0.3, 0.4) is 0 Å². The number of methoxy groups -OCH3 is 2. The molecule has 1 aliphatic carbocycles. The predicted octanol–water partition coefficient (Wildman–Crippen LogP) is 4.61. The average Bonchev–Trinajstić information content (AvgIpc) is 3.71. The first-order valence-electron chi connectivity index (χ1n) is 11.7. The van der Waals surface area contributed by atoms with Crippen molar-refractivity contribution in [2.45, 2.75) is 32.4 Å². The van der Waals surface area contributed by atoms with Gasteiger partial charge in [0.1, 0.15) is 17.3 Å². The van der Waals surface area contributed by atoms with Crippen LogP contribution < -0.4 is 20.1 Å². The molecule has 0 bridgehead atoms. The summed E-state index contributed by atoms with van der Waals surface area (Å²) in [5, 5.41) is 5.77. The second-order valence-corrected chi connectivity index (χ2v) is 8.67. The summed E-state index contributed by atoms with van der Waals surface area (Å²) in [6.45, 7) is 1.91. The Morgan fingerprint density at radius 1 is 0.944 bits per heavy atom. The molecule has 1 saturated carbocycles. The molecule has 36 heavy (non-hydrogen) atoms. The summed E-state index contributed by atoms with van der Waals surface area (Å²) >= 11 is 0. The molecular weight excluding hydrogens is 463 g/mol. The molecule has 0 spiro atoms. The summed E-state index contributed by atoms with van der Waals surface area (Å²) in [7, 11) is 3.08. The summed E-state index contributed by atoms with van der Waals surface area (Å²) < 4.78 is 30.8. The lowest BCUT2D eigenvalue weighted by Gasteiger charge is -2.16. The van der Waals surface area contributed by atoms with E-state index < -0.39 is 5.82 Å². The van der Waals surface area contributed by atoms with E-state index >= 15 is 0 Å². The summed E-state index contributed by atoms with van der Waals surface area (Å²) in [6.07, 6.45) is 1.87. The number of carbonyl (C=O) groups excluding carboxylic acids is 2. The van der Waals surface area contributed by atoms with Crippen LogP contribution in [0.1, 0.15) is 44.7 Å². The molecule has 0 atom stereocenters. The average molecular weight is 493 g/mol. The van der Waals surface area contributed by atoms with Crippen LogP contribution in [0.4, 0.5) is 4.39 Å². The highest BCUT2D eigenvalue weighted by Crippen LogP contribution is 2.35. The van der Waals surface area contributed by atoms with Crippen LogP contribution >= 0.6 is 0 Å². The van der Waals surface area contributed by atoms with E-state index in [4.69, 9.17) is 14.2 Å². The van der Waals surface area contributed by atoms with E-state index in [0.29, 0.717) is 34.5 Å². The SMILES string of the molecule is COCOc1cc(C(=O)NCc2ccc(OC)cc2)ccc1-c1cc(C(=O)NC2CC2)cc(F)c1C. The van der Waals surface area contributed by atoms with Gasteiger partial charge in [-0.3, -0.25) is 9.59 Å². The molecule has 3 aromatic rings. The van der Waals surface area contributed by atoms with Crippen molar-refractivity contribution in [1.29, 1.82) is 0 Å². The number of amides is 2. The molecule has 1 aliphatic rings. The van der Waals surface area contributed by atoms with E-state index in [1.165, 1.54) is 13.2 Å². The van der Waals surface area contributed by atoms with Crippen molar-refractivity contribution < 1.29 is 28.2 Å². The maximum Gasteiger partial charge on any atom is 0.251 e. The first kappa shape index (κ1) is 25.2. The normalized spacial score (nSPS) is 12.7. The fraction of sp³-hybridized carbons (Fsp3) is 0.286. The zero-order valence-corrected chi connectivity index (χ0v) is 20.5. The standard InChI is InChI=1S/C28H29FN2O5/c1-17-24(12-20(13-25(17)29)28(33)31-21-7-8-21)23-11-6-19(14-26(23)36-16-34-2)27(32)30-15-18-4-9-22(35-3)10-5-18/h4-6,9-14,21H,7-8,15-16H2,1-3H3,(H,30,32)(H,31,33). The minimum absolute atomic E-state index is 0.0622. The number of nitrogens with one attached hydrogen (secondary N) is 2. The van der Waals surface area contributed by atoms with Gasteiger partial charge in [-0.15, -0.1) is 0 Å². The highest BCUT2D eigenvalue weighted by molar-refractivity contribution is 5.98. The number of halogens is 1. The Morgan fingerprint density at radius 2 is 1.69 bits per heavy atom. The number of hydrogen-bond acceptors (Lipinski definition) is 5. The smallest absolute Gasteiger partial charge is 0.251 e. The van der Waals surface area contributed by atoms with E-state index in [0.717, 1.165) is 24.2 Å². The van der Waals surface area contributed by atoms with Crippen molar-refractivity contribution in [2.75, 3.05) is 21.0 Å². The third-order valence-electron chi connectivity index (χ3n) is 6.00. The van der Waals surface area contributed by atoms with Crippen molar-refractivity contribution in [3.63, 3.8) is 0 Å². The van der Waals surface area contributed by atoms with Crippen LogP contribution in [0, 0.1) is 12.7 Å². The van der Waals surface area contributed by atoms with Crippen molar-refractivity contribution in [3.8, 4) is 22.6 Å². The van der Waals surface area contributed by atoms with Crippen molar-refractivity contribution in [1.82, 2.24) is 10.6 Å². The van der Waals surface area contributed by atoms with Gasteiger partial charge in [0.05, 0.1) is 7.11 Å². The Bertz CT molecular complexity index is 1260. The fourth-order valence-corrected chi connectivity index (χ4v) is 3.74. The molecule has 7 nitrogen and oxygen atoms in total.